The standard InChI is InChI=1S/C9H17NO2/c1-5-12-9(11)6-8(4)10-7(2)3/h6-7,10H,5H2,1-4H3. The lowest BCUT2D eigenvalue weighted by Gasteiger charge is -2.09. The first kappa shape index (κ1) is 11.0. The van der Waals surface area contributed by atoms with Crippen LogP contribution in [0.3, 0.4) is 0 Å². The van der Waals surface area contributed by atoms with Crippen molar-refractivity contribution < 1.29 is 9.53 Å². The van der Waals surface area contributed by atoms with E-state index in [0.717, 1.165) is 5.70 Å². The van der Waals surface area contributed by atoms with Crippen LogP contribution in [0.1, 0.15) is 27.7 Å². The summed E-state index contributed by atoms with van der Waals surface area (Å²) in [6.07, 6.45) is 1.46. The average molecular weight is 171 g/mol. The van der Waals surface area contributed by atoms with E-state index in [1.807, 2.05) is 20.8 Å². The third-order valence-corrected chi connectivity index (χ3v) is 1.14. The van der Waals surface area contributed by atoms with Crippen molar-refractivity contribution in [3.8, 4) is 0 Å². The average Bonchev–Trinajstić information content (AvgIpc) is 1.84. The summed E-state index contributed by atoms with van der Waals surface area (Å²) in [4.78, 5) is 10.9. The molecule has 0 rings (SSSR count). The molecule has 3 heteroatoms. The molecule has 0 amide bonds. The van der Waals surface area contributed by atoms with Crippen molar-refractivity contribution in [2.45, 2.75) is 33.7 Å². The molecule has 0 aromatic rings. The van der Waals surface area contributed by atoms with E-state index in [0.29, 0.717) is 12.6 Å². The third kappa shape index (κ3) is 5.77. The van der Waals surface area contributed by atoms with Crippen molar-refractivity contribution in [3.63, 3.8) is 0 Å². The van der Waals surface area contributed by atoms with E-state index in [9.17, 15) is 4.79 Å². The van der Waals surface area contributed by atoms with Gasteiger partial charge in [0.25, 0.3) is 0 Å². The predicted octanol–water partition coefficient (Wildman–Crippen LogP) is 1.45. The van der Waals surface area contributed by atoms with E-state index >= 15 is 0 Å². The highest BCUT2D eigenvalue weighted by Crippen LogP contribution is 1.91. The lowest BCUT2D eigenvalue weighted by Crippen LogP contribution is -2.21. The third-order valence-electron chi connectivity index (χ3n) is 1.14. The molecule has 0 aromatic carbocycles. The van der Waals surface area contributed by atoms with Crippen LogP contribution in [0.4, 0.5) is 0 Å². The Morgan fingerprint density at radius 1 is 1.58 bits per heavy atom. The maximum Gasteiger partial charge on any atom is 0.332 e. The Kier molecular flexibility index (Phi) is 5.17. The molecule has 0 atom stereocenters. The molecule has 70 valence electrons. The van der Waals surface area contributed by atoms with Crippen molar-refractivity contribution in [2.24, 2.45) is 0 Å². The van der Waals surface area contributed by atoms with Crippen LogP contribution in [-0.2, 0) is 9.53 Å². The van der Waals surface area contributed by atoms with Crippen molar-refractivity contribution in [1.29, 1.82) is 0 Å². The van der Waals surface area contributed by atoms with Crippen LogP contribution >= 0.6 is 0 Å². The molecule has 0 heterocycles. The van der Waals surface area contributed by atoms with Crippen LogP contribution in [0.15, 0.2) is 11.8 Å². The summed E-state index contributed by atoms with van der Waals surface area (Å²) in [5.41, 5.74) is 0.837. The Labute approximate surface area is 73.8 Å². The first-order valence-corrected chi connectivity index (χ1v) is 4.17. The minimum absolute atomic E-state index is 0.289. The van der Waals surface area contributed by atoms with Crippen molar-refractivity contribution in [1.82, 2.24) is 5.32 Å². The maximum absolute atomic E-state index is 10.9. The molecule has 0 spiro atoms. The molecule has 0 bridgehead atoms. The van der Waals surface area contributed by atoms with Crippen LogP contribution in [0, 0.1) is 0 Å². The van der Waals surface area contributed by atoms with Gasteiger partial charge in [0.1, 0.15) is 0 Å². The fourth-order valence-corrected chi connectivity index (χ4v) is 0.858. The van der Waals surface area contributed by atoms with Crippen molar-refractivity contribution in [3.05, 3.63) is 11.8 Å². The van der Waals surface area contributed by atoms with E-state index < -0.39 is 0 Å². The van der Waals surface area contributed by atoms with Gasteiger partial charge in [-0.15, -0.1) is 0 Å². The molecule has 0 radical (unpaired) electrons. The molecular weight excluding hydrogens is 154 g/mol. The van der Waals surface area contributed by atoms with Crippen molar-refractivity contribution in [2.75, 3.05) is 6.61 Å². The number of carbonyl (C=O) groups excluding carboxylic acids is 1. The molecule has 0 saturated carbocycles. The Balaban J connectivity index is 3.89. The van der Waals surface area contributed by atoms with Crippen LogP contribution < -0.4 is 5.32 Å². The second-order valence-electron chi connectivity index (χ2n) is 2.88. The molecule has 0 aromatic heterocycles. The van der Waals surface area contributed by atoms with E-state index in [-0.39, 0.29) is 5.97 Å². The Bertz CT molecular complexity index is 173. The number of nitrogens with one attached hydrogen (secondary N) is 1. The Morgan fingerprint density at radius 2 is 2.17 bits per heavy atom. The second kappa shape index (κ2) is 5.63. The minimum Gasteiger partial charge on any atom is -0.463 e. The van der Waals surface area contributed by atoms with Gasteiger partial charge in [0.2, 0.25) is 0 Å². The molecule has 12 heavy (non-hydrogen) atoms. The molecule has 3 nitrogen and oxygen atoms in total. The smallest absolute Gasteiger partial charge is 0.332 e. The number of hydrogen-bond acceptors (Lipinski definition) is 3. The molecule has 0 saturated heterocycles. The lowest BCUT2D eigenvalue weighted by molar-refractivity contribution is -0.137. The SMILES string of the molecule is CCOC(=O)C=C(C)NC(C)C. The fraction of sp³-hybridized carbons (Fsp3) is 0.667. The summed E-state index contributed by atoms with van der Waals surface area (Å²) in [6.45, 7) is 8.09. The summed E-state index contributed by atoms with van der Waals surface area (Å²) in [6, 6.07) is 0.343. The number of carbonyl (C=O) groups is 1. The van der Waals surface area contributed by atoms with E-state index in [4.69, 9.17) is 4.74 Å². The molecule has 0 aliphatic heterocycles. The molecule has 0 aliphatic rings. The zero-order valence-electron chi connectivity index (χ0n) is 8.18. The van der Waals surface area contributed by atoms with Gasteiger partial charge in [-0.05, 0) is 27.7 Å². The first-order chi connectivity index (χ1) is 5.56. The van der Waals surface area contributed by atoms with Gasteiger partial charge in [-0.3, -0.25) is 0 Å². The van der Waals surface area contributed by atoms with Crippen molar-refractivity contribution >= 4 is 5.97 Å². The van der Waals surface area contributed by atoms with Crippen LogP contribution in [0.2, 0.25) is 0 Å². The van der Waals surface area contributed by atoms with Gasteiger partial charge in [0, 0.05) is 17.8 Å². The summed E-state index contributed by atoms with van der Waals surface area (Å²) in [7, 11) is 0. The fourth-order valence-electron chi connectivity index (χ4n) is 0.858. The highest BCUT2D eigenvalue weighted by atomic mass is 16.5. The molecule has 1 N–H and O–H groups in total. The summed E-state index contributed by atoms with van der Waals surface area (Å²) in [5, 5.41) is 3.09. The number of hydrogen-bond donors (Lipinski definition) is 1. The topological polar surface area (TPSA) is 38.3 Å². The minimum atomic E-state index is -0.289. The van der Waals surface area contributed by atoms with E-state index in [1.165, 1.54) is 6.08 Å². The Hall–Kier alpha value is -0.990. The second-order valence-corrected chi connectivity index (χ2v) is 2.88. The van der Waals surface area contributed by atoms with E-state index in [1.54, 1.807) is 6.92 Å². The van der Waals surface area contributed by atoms with Gasteiger partial charge in [-0.2, -0.15) is 0 Å². The molecule has 0 aliphatic carbocycles. The summed E-state index contributed by atoms with van der Waals surface area (Å²) >= 11 is 0. The largest absolute Gasteiger partial charge is 0.463 e. The summed E-state index contributed by atoms with van der Waals surface area (Å²) in [5.74, 6) is -0.289. The van der Waals surface area contributed by atoms with Gasteiger partial charge >= 0.3 is 5.97 Å². The Morgan fingerprint density at radius 3 is 2.58 bits per heavy atom. The van der Waals surface area contributed by atoms with Crippen LogP contribution in [0.25, 0.3) is 0 Å². The van der Waals surface area contributed by atoms with Gasteiger partial charge in [0.05, 0.1) is 6.61 Å². The molecule has 0 fully saturated rings. The number of allylic oxidation sites excluding steroid dienone is 1. The highest BCUT2D eigenvalue weighted by molar-refractivity contribution is 5.82. The van der Waals surface area contributed by atoms with Gasteiger partial charge in [0.15, 0.2) is 0 Å². The molecular formula is C9H17NO2. The number of rotatable bonds is 4. The zero-order valence-corrected chi connectivity index (χ0v) is 8.18. The van der Waals surface area contributed by atoms with Gasteiger partial charge in [-0.1, -0.05) is 0 Å². The van der Waals surface area contributed by atoms with Crippen LogP contribution in [0.5, 0.6) is 0 Å². The number of esters is 1. The number of ether oxygens (including phenoxy) is 1. The van der Waals surface area contributed by atoms with E-state index in [2.05, 4.69) is 5.32 Å². The van der Waals surface area contributed by atoms with Crippen LogP contribution in [-0.4, -0.2) is 18.6 Å². The van der Waals surface area contributed by atoms with Gasteiger partial charge in [-0.25, -0.2) is 4.79 Å². The zero-order chi connectivity index (χ0) is 9.56. The molecule has 0 unspecified atom stereocenters. The normalized spacial score (nSPS) is 11.6. The monoisotopic (exact) mass is 171 g/mol. The maximum atomic E-state index is 10.9. The lowest BCUT2D eigenvalue weighted by atomic mass is 10.3. The van der Waals surface area contributed by atoms with Gasteiger partial charge < -0.3 is 10.1 Å². The predicted molar refractivity (Wildman–Crippen MR) is 48.7 cm³/mol. The summed E-state index contributed by atoms with van der Waals surface area (Å²) < 4.78 is 4.74. The first-order valence-electron chi connectivity index (χ1n) is 4.17. The highest BCUT2D eigenvalue weighted by Gasteiger charge is 1.98. The quantitative estimate of drug-likeness (QED) is 0.514.